The van der Waals surface area contributed by atoms with Gasteiger partial charge in [-0.3, -0.25) is 4.79 Å². The molecule has 33 heavy (non-hydrogen) atoms. The maximum absolute atomic E-state index is 11.8. The quantitative estimate of drug-likeness (QED) is 0.123. The first-order valence-electron chi connectivity index (χ1n) is 12.5. The zero-order valence-electron chi connectivity index (χ0n) is 20.1. The van der Waals surface area contributed by atoms with Crippen LogP contribution in [0.2, 0.25) is 0 Å². The van der Waals surface area contributed by atoms with Gasteiger partial charge in [0.1, 0.15) is 18.0 Å². The number of ether oxygens (including phenoxy) is 1. The number of carbonyl (C=O) groups is 1. The molecule has 0 saturated heterocycles. The second kappa shape index (κ2) is 9.63. The molecule has 0 aromatic rings. The van der Waals surface area contributed by atoms with Gasteiger partial charge in [-0.15, -0.1) is 0 Å². The number of fused-ring (bicyclic) bond motifs is 5. The summed E-state index contributed by atoms with van der Waals surface area (Å²) < 4.78 is 5.73. The lowest BCUT2D eigenvalue weighted by atomic mass is 9.47. The maximum Gasteiger partial charge on any atom is 0.302 e. The van der Waals surface area contributed by atoms with E-state index in [2.05, 4.69) is 36.4 Å². The molecule has 5 unspecified atom stereocenters. The number of hydrogen-bond donors (Lipinski definition) is 2. The first-order valence-corrected chi connectivity index (χ1v) is 13.4. The Morgan fingerprint density at radius 3 is 2.73 bits per heavy atom. The van der Waals surface area contributed by atoms with E-state index in [1.165, 1.54) is 12.5 Å². The number of allylic oxidation sites excluding steroid dienone is 1. The predicted molar refractivity (Wildman–Crippen MR) is 128 cm³/mol. The second-order valence-corrected chi connectivity index (χ2v) is 12.1. The Bertz CT molecular complexity index is 798. The second-order valence-electron chi connectivity index (χ2n) is 10.9. The Hall–Kier alpha value is -0.890. The summed E-state index contributed by atoms with van der Waals surface area (Å²) in [6, 6.07) is 0. The van der Waals surface area contributed by atoms with Crippen molar-refractivity contribution in [1.82, 2.24) is 0 Å². The molecule has 0 heterocycles. The molecule has 0 bridgehead atoms. The summed E-state index contributed by atoms with van der Waals surface area (Å²) in [5.41, 5.74) is 0.753. The number of aliphatic hydroxyl groups is 2. The Labute approximate surface area is 205 Å². The van der Waals surface area contributed by atoms with Gasteiger partial charge in [-0.2, -0.15) is 4.89 Å². The van der Waals surface area contributed by atoms with E-state index in [0.29, 0.717) is 11.7 Å². The molecule has 4 rings (SSSR count). The highest BCUT2D eigenvalue weighted by Gasteiger charge is 2.65. The Morgan fingerprint density at radius 2 is 2.06 bits per heavy atom. The molecule has 3 saturated carbocycles. The van der Waals surface area contributed by atoms with E-state index in [4.69, 9.17) is 14.5 Å². The van der Waals surface area contributed by atoms with E-state index in [9.17, 15) is 15.0 Å². The lowest BCUT2D eigenvalue weighted by Gasteiger charge is -2.59. The SMILES string of the molecule is C=C(CCC)OO[C@H]1CC[C@@]2(C)C(=CC(O)C3C4C[C@@H](Br)C(OC(C)=O)[C@@]4(CO)CCC32)C1. The zero-order chi connectivity index (χ0) is 24.0. The van der Waals surface area contributed by atoms with Crippen molar-refractivity contribution in [2.45, 2.75) is 95.3 Å². The summed E-state index contributed by atoms with van der Waals surface area (Å²) in [7, 11) is 0. The molecule has 9 atom stereocenters. The van der Waals surface area contributed by atoms with Crippen LogP contribution in [-0.2, 0) is 19.3 Å². The van der Waals surface area contributed by atoms with E-state index in [0.717, 1.165) is 51.4 Å². The van der Waals surface area contributed by atoms with Crippen LogP contribution < -0.4 is 0 Å². The molecule has 0 spiro atoms. The third-order valence-electron chi connectivity index (χ3n) is 9.13. The van der Waals surface area contributed by atoms with Crippen LogP contribution in [0.3, 0.4) is 0 Å². The third kappa shape index (κ3) is 4.32. The minimum Gasteiger partial charge on any atom is -0.461 e. The molecule has 0 amide bonds. The van der Waals surface area contributed by atoms with Crippen LogP contribution in [0.4, 0.5) is 0 Å². The van der Waals surface area contributed by atoms with Gasteiger partial charge in [-0.1, -0.05) is 48.0 Å². The first kappa shape index (κ1) is 25.2. The number of hydrogen-bond acceptors (Lipinski definition) is 6. The minimum atomic E-state index is -0.584. The smallest absolute Gasteiger partial charge is 0.302 e. The standard InChI is InChI=1S/C26H39BrO6/c1-5-6-15(2)32-33-18-7-9-25(4)17(11-18)12-22(30)23-19(25)8-10-26(14-28)20(23)13-21(27)24(26)31-16(3)29/h12,18-24,28,30H,2,5-11,13-14H2,1,3-4H3/t18-,19?,20?,21+,22?,23?,24?,25-,26+/m0/s1. The van der Waals surface area contributed by atoms with Crippen molar-refractivity contribution in [1.29, 1.82) is 0 Å². The zero-order valence-corrected chi connectivity index (χ0v) is 21.7. The van der Waals surface area contributed by atoms with Crippen molar-refractivity contribution in [3.63, 3.8) is 0 Å². The fourth-order valence-electron chi connectivity index (χ4n) is 7.55. The molecular formula is C26H39BrO6. The molecule has 0 aromatic carbocycles. The van der Waals surface area contributed by atoms with Gasteiger partial charge in [0.2, 0.25) is 0 Å². The molecule has 2 N–H and O–H groups in total. The summed E-state index contributed by atoms with van der Waals surface area (Å²) in [5.74, 6) is 0.794. The van der Waals surface area contributed by atoms with Crippen molar-refractivity contribution < 1.29 is 29.5 Å². The van der Waals surface area contributed by atoms with Crippen LogP contribution in [0, 0.1) is 28.6 Å². The van der Waals surface area contributed by atoms with Crippen molar-refractivity contribution in [2.24, 2.45) is 28.6 Å². The van der Waals surface area contributed by atoms with E-state index in [1.807, 2.05) is 6.08 Å². The topological polar surface area (TPSA) is 85.2 Å². The number of alkyl halides is 1. The Kier molecular flexibility index (Phi) is 7.36. The summed E-state index contributed by atoms with van der Waals surface area (Å²) in [6.07, 6.45) is 7.93. The van der Waals surface area contributed by atoms with Crippen LogP contribution in [0.5, 0.6) is 0 Å². The number of rotatable bonds is 7. The fraction of sp³-hybridized carbons (Fsp3) is 0.808. The molecule has 4 aliphatic rings. The van der Waals surface area contributed by atoms with Crippen LogP contribution in [0.15, 0.2) is 24.0 Å². The largest absolute Gasteiger partial charge is 0.461 e. The molecule has 3 fully saturated rings. The predicted octanol–water partition coefficient (Wildman–Crippen LogP) is 4.83. The van der Waals surface area contributed by atoms with Crippen molar-refractivity contribution >= 4 is 21.9 Å². The molecule has 6 nitrogen and oxygen atoms in total. The summed E-state index contributed by atoms with van der Waals surface area (Å²) in [6.45, 7) is 9.72. The summed E-state index contributed by atoms with van der Waals surface area (Å²) >= 11 is 3.74. The van der Waals surface area contributed by atoms with Crippen molar-refractivity contribution in [3.8, 4) is 0 Å². The van der Waals surface area contributed by atoms with Crippen LogP contribution >= 0.6 is 15.9 Å². The molecule has 0 aromatic heterocycles. The van der Waals surface area contributed by atoms with Crippen molar-refractivity contribution in [2.75, 3.05) is 6.61 Å². The Morgan fingerprint density at radius 1 is 1.30 bits per heavy atom. The van der Waals surface area contributed by atoms with Gasteiger partial charge >= 0.3 is 5.97 Å². The molecule has 186 valence electrons. The fourth-order valence-corrected chi connectivity index (χ4v) is 8.59. The van der Waals surface area contributed by atoms with Gasteiger partial charge in [0.25, 0.3) is 0 Å². The lowest BCUT2D eigenvalue weighted by molar-refractivity contribution is -0.301. The van der Waals surface area contributed by atoms with Gasteiger partial charge in [0.05, 0.1) is 17.5 Å². The number of esters is 1. The molecule has 4 aliphatic carbocycles. The van der Waals surface area contributed by atoms with E-state index in [1.54, 1.807) is 0 Å². The first-order chi connectivity index (χ1) is 15.7. The average Bonchev–Trinajstić information content (AvgIpc) is 3.04. The highest BCUT2D eigenvalue weighted by Crippen LogP contribution is 2.66. The number of aliphatic hydroxyl groups excluding tert-OH is 2. The third-order valence-corrected chi connectivity index (χ3v) is 9.99. The maximum atomic E-state index is 11.8. The minimum absolute atomic E-state index is 0.00682. The van der Waals surface area contributed by atoms with Crippen LogP contribution in [0.25, 0.3) is 0 Å². The van der Waals surface area contributed by atoms with Crippen LogP contribution in [0.1, 0.15) is 72.1 Å². The lowest BCUT2D eigenvalue weighted by Crippen LogP contribution is -2.57. The van der Waals surface area contributed by atoms with Gasteiger partial charge in [-0.05, 0) is 68.1 Å². The Balaban J connectivity index is 1.56. The molecule has 7 heteroatoms. The highest BCUT2D eigenvalue weighted by atomic mass is 79.9. The van der Waals surface area contributed by atoms with Crippen molar-refractivity contribution in [3.05, 3.63) is 24.0 Å². The monoisotopic (exact) mass is 526 g/mol. The number of carbonyl (C=O) groups excluding carboxylic acids is 1. The average molecular weight is 527 g/mol. The van der Waals surface area contributed by atoms with Gasteiger partial charge < -0.3 is 19.8 Å². The highest BCUT2D eigenvalue weighted by molar-refractivity contribution is 9.09. The molecule has 0 radical (unpaired) electrons. The van der Waals surface area contributed by atoms with E-state index >= 15 is 0 Å². The molecular weight excluding hydrogens is 488 g/mol. The number of halogens is 1. The summed E-state index contributed by atoms with van der Waals surface area (Å²) in [5, 5.41) is 21.9. The normalized spacial score (nSPS) is 44.2. The molecule has 0 aliphatic heterocycles. The van der Waals surface area contributed by atoms with E-state index in [-0.39, 0.29) is 46.9 Å². The van der Waals surface area contributed by atoms with Gasteiger partial charge in [0.15, 0.2) is 0 Å². The van der Waals surface area contributed by atoms with Crippen LogP contribution in [-0.4, -0.2) is 45.9 Å². The van der Waals surface area contributed by atoms with Gasteiger partial charge in [0, 0.05) is 18.8 Å². The van der Waals surface area contributed by atoms with E-state index < -0.39 is 11.5 Å². The summed E-state index contributed by atoms with van der Waals surface area (Å²) in [4.78, 5) is 23.0. The van der Waals surface area contributed by atoms with Gasteiger partial charge in [-0.25, -0.2) is 0 Å².